The molecule has 2 atom stereocenters. The van der Waals surface area contributed by atoms with Crippen molar-refractivity contribution in [1.82, 2.24) is 9.47 Å². The maximum Gasteiger partial charge on any atom is 0.321 e. The summed E-state index contributed by atoms with van der Waals surface area (Å²) in [6.07, 6.45) is 1.00. The number of pyridine rings is 1. The number of aromatic nitrogens is 1. The van der Waals surface area contributed by atoms with Gasteiger partial charge in [-0.15, -0.1) is 0 Å². The molecule has 2 aliphatic heterocycles. The summed E-state index contributed by atoms with van der Waals surface area (Å²) in [5, 5.41) is 2.82. The summed E-state index contributed by atoms with van der Waals surface area (Å²) in [7, 11) is 0. The van der Waals surface area contributed by atoms with Crippen molar-refractivity contribution >= 4 is 11.7 Å². The van der Waals surface area contributed by atoms with Crippen molar-refractivity contribution in [2.45, 2.75) is 18.9 Å². The molecule has 2 amide bonds. The van der Waals surface area contributed by atoms with E-state index >= 15 is 0 Å². The molecule has 6 heteroatoms. The first-order valence-electron chi connectivity index (χ1n) is 8.11. The molecule has 4 rings (SSSR count). The molecule has 2 aliphatic rings. The van der Waals surface area contributed by atoms with Crippen LogP contribution < -0.4 is 10.9 Å². The zero-order chi connectivity index (χ0) is 16.7. The lowest BCUT2D eigenvalue weighted by molar-refractivity contribution is 0.139. The highest BCUT2D eigenvalue weighted by molar-refractivity contribution is 5.89. The number of nitrogens with one attached hydrogen (secondary N) is 1. The highest BCUT2D eigenvalue weighted by Gasteiger charge is 2.36. The molecule has 2 aromatic rings. The Hall–Kier alpha value is -2.63. The smallest absolute Gasteiger partial charge is 0.321 e. The lowest BCUT2D eigenvalue weighted by atomic mass is 9.83. The lowest BCUT2D eigenvalue weighted by Gasteiger charge is -2.42. The van der Waals surface area contributed by atoms with E-state index < -0.39 is 0 Å². The van der Waals surface area contributed by atoms with E-state index in [1.54, 1.807) is 29.2 Å². The molecule has 2 bridgehead atoms. The van der Waals surface area contributed by atoms with E-state index in [-0.39, 0.29) is 29.2 Å². The van der Waals surface area contributed by atoms with Gasteiger partial charge in [0.05, 0.1) is 0 Å². The van der Waals surface area contributed by atoms with Crippen LogP contribution in [0.1, 0.15) is 18.0 Å². The molecule has 1 N–H and O–H groups in total. The molecule has 124 valence electrons. The topological polar surface area (TPSA) is 54.3 Å². The first kappa shape index (κ1) is 14.9. The molecule has 1 aromatic heterocycles. The Kier molecular flexibility index (Phi) is 3.59. The first-order valence-corrected chi connectivity index (χ1v) is 8.11. The number of carbonyl (C=O) groups is 1. The number of carbonyl (C=O) groups excluding carboxylic acids is 1. The Balaban J connectivity index is 1.52. The molecule has 1 aromatic carbocycles. The third-order valence-electron chi connectivity index (χ3n) is 4.86. The molecule has 3 heterocycles. The van der Waals surface area contributed by atoms with E-state index in [1.165, 1.54) is 12.1 Å². The van der Waals surface area contributed by atoms with Gasteiger partial charge >= 0.3 is 6.03 Å². The van der Waals surface area contributed by atoms with Crippen molar-refractivity contribution in [3.63, 3.8) is 0 Å². The van der Waals surface area contributed by atoms with Crippen LogP contribution in [-0.2, 0) is 6.54 Å². The van der Waals surface area contributed by atoms with Crippen LogP contribution in [0.3, 0.4) is 0 Å². The van der Waals surface area contributed by atoms with Gasteiger partial charge in [-0.2, -0.15) is 0 Å². The van der Waals surface area contributed by atoms with Crippen LogP contribution in [0.25, 0.3) is 0 Å². The molecule has 0 spiro atoms. The summed E-state index contributed by atoms with van der Waals surface area (Å²) >= 11 is 0. The van der Waals surface area contributed by atoms with Crippen LogP contribution in [0.5, 0.6) is 0 Å². The van der Waals surface area contributed by atoms with Crippen molar-refractivity contribution in [3.05, 3.63) is 64.3 Å². The highest BCUT2D eigenvalue weighted by atomic mass is 19.1. The summed E-state index contributed by atoms with van der Waals surface area (Å²) < 4.78 is 14.8. The molecule has 24 heavy (non-hydrogen) atoms. The van der Waals surface area contributed by atoms with Crippen LogP contribution in [0.4, 0.5) is 14.9 Å². The Labute approximate surface area is 138 Å². The van der Waals surface area contributed by atoms with E-state index in [0.717, 1.165) is 12.1 Å². The van der Waals surface area contributed by atoms with Gasteiger partial charge in [-0.3, -0.25) is 4.79 Å². The quantitative estimate of drug-likeness (QED) is 0.875. The highest BCUT2D eigenvalue weighted by Crippen LogP contribution is 2.35. The summed E-state index contributed by atoms with van der Waals surface area (Å²) in [5.41, 5.74) is 1.62. The normalized spacial score (nSPS) is 22.0. The second-order valence-corrected chi connectivity index (χ2v) is 6.54. The van der Waals surface area contributed by atoms with Gasteiger partial charge in [0.1, 0.15) is 5.82 Å². The number of halogens is 1. The molecule has 1 saturated heterocycles. The van der Waals surface area contributed by atoms with Crippen molar-refractivity contribution in [1.29, 1.82) is 0 Å². The fourth-order valence-corrected chi connectivity index (χ4v) is 3.80. The average molecular weight is 327 g/mol. The molecule has 0 unspecified atom stereocenters. The fourth-order valence-electron chi connectivity index (χ4n) is 3.80. The third-order valence-corrected chi connectivity index (χ3v) is 4.86. The monoisotopic (exact) mass is 327 g/mol. The summed E-state index contributed by atoms with van der Waals surface area (Å²) in [5.74, 6) is 0.142. The van der Waals surface area contributed by atoms with Gasteiger partial charge in [0.15, 0.2) is 0 Å². The predicted octanol–water partition coefficient (Wildman–Crippen LogP) is 2.64. The molecule has 5 nitrogen and oxygen atoms in total. The molecule has 0 radical (unpaired) electrons. The number of hydrogen-bond donors (Lipinski definition) is 1. The average Bonchev–Trinajstić information content (AvgIpc) is 2.58. The van der Waals surface area contributed by atoms with E-state index in [1.807, 2.05) is 10.6 Å². The lowest BCUT2D eigenvalue weighted by Crippen LogP contribution is -2.50. The summed E-state index contributed by atoms with van der Waals surface area (Å²) in [6.45, 7) is 1.88. The van der Waals surface area contributed by atoms with Gasteiger partial charge < -0.3 is 14.8 Å². The number of fused-ring (bicyclic) bond motifs is 4. The van der Waals surface area contributed by atoms with Crippen molar-refractivity contribution in [2.24, 2.45) is 5.92 Å². The number of piperidine rings is 1. The molecule has 0 saturated carbocycles. The van der Waals surface area contributed by atoms with Gasteiger partial charge in [-0.1, -0.05) is 6.07 Å². The van der Waals surface area contributed by atoms with Gasteiger partial charge in [0, 0.05) is 43.0 Å². The molecule has 0 aliphatic carbocycles. The number of benzene rings is 1. The second-order valence-electron chi connectivity index (χ2n) is 6.54. The number of nitrogens with zero attached hydrogens (tertiary/aromatic N) is 2. The Morgan fingerprint density at radius 2 is 1.88 bits per heavy atom. The molecule has 1 fully saturated rings. The number of amides is 2. The van der Waals surface area contributed by atoms with Crippen molar-refractivity contribution in [2.75, 3.05) is 18.4 Å². The van der Waals surface area contributed by atoms with E-state index in [0.29, 0.717) is 25.3 Å². The maximum absolute atomic E-state index is 13.0. The third kappa shape index (κ3) is 2.68. The van der Waals surface area contributed by atoms with E-state index in [2.05, 4.69) is 5.32 Å². The first-order chi connectivity index (χ1) is 11.6. The minimum Gasteiger partial charge on any atom is -0.324 e. The van der Waals surface area contributed by atoms with Gasteiger partial charge in [0.25, 0.3) is 5.56 Å². The number of rotatable bonds is 1. The fraction of sp³-hybridized carbons (Fsp3) is 0.333. The largest absolute Gasteiger partial charge is 0.324 e. The van der Waals surface area contributed by atoms with Gasteiger partial charge in [-0.25, -0.2) is 9.18 Å². The van der Waals surface area contributed by atoms with Gasteiger partial charge in [0.2, 0.25) is 0 Å². The maximum atomic E-state index is 13.0. The van der Waals surface area contributed by atoms with Crippen LogP contribution in [-0.4, -0.2) is 28.6 Å². The van der Waals surface area contributed by atoms with Crippen LogP contribution >= 0.6 is 0 Å². The number of likely N-dealkylation sites (tertiary alicyclic amines) is 1. The van der Waals surface area contributed by atoms with Crippen LogP contribution in [0.2, 0.25) is 0 Å². The summed E-state index contributed by atoms with van der Waals surface area (Å²) in [6, 6.07) is 10.9. The van der Waals surface area contributed by atoms with Crippen molar-refractivity contribution in [3.8, 4) is 0 Å². The Bertz CT molecular complexity index is 831. The zero-order valence-electron chi connectivity index (χ0n) is 13.1. The van der Waals surface area contributed by atoms with Gasteiger partial charge in [-0.05, 0) is 42.7 Å². The Morgan fingerprint density at radius 3 is 2.67 bits per heavy atom. The van der Waals surface area contributed by atoms with Crippen LogP contribution in [0.15, 0.2) is 47.3 Å². The number of urea groups is 1. The van der Waals surface area contributed by atoms with E-state index in [9.17, 15) is 14.0 Å². The van der Waals surface area contributed by atoms with Crippen LogP contribution in [0, 0.1) is 11.7 Å². The Morgan fingerprint density at radius 1 is 1.08 bits per heavy atom. The minimum atomic E-state index is -0.331. The van der Waals surface area contributed by atoms with E-state index in [4.69, 9.17) is 0 Å². The molecular formula is C18H18FN3O2. The number of hydrogen-bond acceptors (Lipinski definition) is 2. The zero-order valence-corrected chi connectivity index (χ0v) is 13.1. The summed E-state index contributed by atoms with van der Waals surface area (Å²) in [4.78, 5) is 26.3. The van der Waals surface area contributed by atoms with Crippen molar-refractivity contribution < 1.29 is 9.18 Å². The standard InChI is InChI=1S/C18H18FN3O2/c19-14-4-6-15(7-5-14)20-18(24)21-9-12-8-13(11-21)16-2-1-3-17(23)22(16)10-12/h1-7,12-13H,8-11H2,(H,20,24)/t12-,13-/m1/s1. The number of anilines is 1. The minimum absolute atomic E-state index is 0.0337. The SMILES string of the molecule is O=C(Nc1ccc(F)cc1)N1C[C@H]2C[C@H](C1)c1cccc(=O)n1C2. The molecular weight excluding hydrogens is 309 g/mol. The predicted molar refractivity (Wildman–Crippen MR) is 88.5 cm³/mol. The second kappa shape index (κ2) is 5.78.